The van der Waals surface area contributed by atoms with Crippen molar-refractivity contribution in [1.29, 1.82) is 0 Å². The number of aliphatic hydroxyl groups is 1. The van der Waals surface area contributed by atoms with Crippen LogP contribution in [-0.2, 0) is 9.53 Å². The number of carbonyl (C=O) groups is 1. The van der Waals surface area contributed by atoms with Crippen LogP contribution in [0.5, 0.6) is 11.5 Å². The summed E-state index contributed by atoms with van der Waals surface area (Å²) in [4.78, 5) is 11.6. The molecule has 1 N–H and O–H groups in total. The molecule has 116 valence electrons. The van der Waals surface area contributed by atoms with Crippen molar-refractivity contribution in [3.63, 3.8) is 0 Å². The first kappa shape index (κ1) is 16.0. The number of benzene rings is 1. The minimum Gasteiger partial charge on any atom is -0.493 e. The predicted molar refractivity (Wildman–Crippen MR) is 80.9 cm³/mol. The van der Waals surface area contributed by atoms with Crippen molar-refractivity contribution in [2.24, 2.45) is 0 Å². The summed E-state index contributed by atoms with van der Waals surface area (Å²) in [7, 11) is 2.77. The van der Waals surface area contributed by atoms with E-state index in [2.05, 4.69) is 4.74 Å². The minimum atomic E-state index is -1.38. The molecule has 6 heteroatoms. The van der Waals surface area contributed by atoms with E-state index in [-0.39, 0.29) is 6.10 Å². The fourth-order valence-electron chi connectivity index (χ4n) is 2.24. The van der Waals surface area contributed by atoms with Crippen LogP contribution in [0.25, 0.3) is 0 Å². The molecule has 0 spiro atoms. The van der Waals surface area contributed by atoms with Gasteiger partial charge in [-0.25, -0.2) is 4.79 Å². The molecule has 2 rings (SSSR count). The molecule has 1 fully saturated rings. The van der Waals surface area contributed by atoms with Gasteiger partial charge in [0, 0.05) is 11.3 Å². The highest BCUT2D eigenvalue weighted by molar-refractivity contribution is 7.99. The zero-order chi connectivity index (χ0) is 15.2. The highest BCUT2D eigenvalue weighted by Crippen LogP contribution is 2.37. The summed E-state index contributed by atoms with van der Waals surface area (Å²) < 4.78 is 15.9. The zero-order valence-corrected chi connectivity index (χ0v) is 13.0. The van der Waals surface area contributed by atoms with Crippen LogP contribution in [0.3, 0.4) is 0 Å². The molecule has 2 atom stereocenters. The number of para-hydroxylation sites is 1. The monoisotopic (exact) mass is 312 g/mol. The van der Waals surface area contributed by atoms with E-state index in [0.29, 0.717) is 17.1 Å². The van der Waals surface area contributed by atoms with Gasteiger partial charge < -0.3 is 19.3 Å². The maximum Gasteiger partial charge on any atom is 0.339 e. The van der Waals surface area contributed by atoms with Crippen molar-refractivity contribution in [1.82, 2.24) is 0 Å². The number of aliphatic hydroxyl groups excluding tert-OH is 1. The van der Waals surface area contributed by atoms with E-state index in [1.54, 1.807) is 18.2 Å². The van der Waals surface area contributed by atoms with Crippen LogP contribution >= 0.6 is 11.8 Å². The maximum absolute atomic E-state index is 11.6. The Kier molecular flexibility index (Phi) is 5.76. The van der Waals surface area contributed by atoms with E-state index >= 15 is 0 Å². The summed E-state index contributed by atoms with van der Waals surface area (Å²) in [6, 6.07) is 5.11. The lowest BCUT2D eigenvalue weighted by Gasteiger charge is -2.25. The number of hydrogen-bond acceptors (Lipinski definition) is 6. The second kappa shape index (κ2) is 7.56. The lowest BCUT2D eigenvalue weighted by molar-refractivity contribution is -0.150. The van der Waals surface area contributed by atoms with E-state index < -0.39 is 12.1 Å². The normalized spacial score (nSPS) is 19.7. The lowest BCUT2D eigenvalue weighted by atomic mass is 10.1. The number of methoxy groups -OCH3 is 2. The predicted octanol–water partition coefficient (Wildman–Crippen LogP) is 2.18. The maximum atomic E-state index is 11.6. The molecule has 1 aromatic rings. The Morgan fingerprint density at radius 3 is 2.86 bits per heavy atom. The molecule has 1 saturated heterocycles. The van der Waals surface area contributed by atoms with Crippen LogP contribution in [-0.4, -0.2) is 42.9 Å². The van der Waals surface area contributed by atoms with Crippen LogP contribution in [0.4, 0.5) is 0 Å². The molecule has 2 unspecified atom stereocenters. The SMILES string of the molecule is COC(=O)C(O)c1cccc(OC)c1OC1CCCSC1. The Bertz CT molecular complexity index is 485. The summed E-state index contributed by atoms with van der Waals surface area (Å²) >= 11 is 1.84. The smallest absolute Gasteiger partial charge is 0.339 e. The van der Waals surface area contributed by atoms with E-state index in [4.69, 9.17) is 9.47 Å². The average Bonchev–Trinajstić information content (AvgIpc) is 2.54. The van der Waals surface area contributed by atoms with Crippen molar-refractivity contribution in [3.05, 3.63) is 23.8 Å². The third-order valence-corrected chi connectivity index (χ3v) is 4.54. The molecule has 1 aliphatic rings. The van der Waals surface area contributed by atoms with Crippen LogP contribution in [0.1, 0.15) is 24.5 Å². The number of ether oxygens (including phenoxy) is 3. The lowest BCUT2D eigenvalue weighted by Crippen LogP contribution is -2.25. The largest absolute Gasteiger partial charge is 0.493 e. The van der Waals surface area contributed by atoms with Crippen molar-refractivity contribution in [3.8, 4) is 11.5 Å². The summed E-state index contributed by atoms with van der Waals surface area (Å²) in [6.07, 6.45) is 0.734. The van der Waals surface area contributed by atoms with Crippen LogP contribution in [0, 0.1) is 0 Å². The van der Waals surface area contributed by atoms with Gasteiger partial charge in [-0.3, -0.25) is 0 Å². The van der Waals surface area contributed by atoms with Crippen molar-refractivity contribution < 1.29 is 24.1 Å². The van der Waals surface area contributed by atoms with Gasteiger partial charge in [0.15, 0.2) is 17.6 Å². The van der Waals surface area contributed by atoms with Gasteiger partial charge in [0.2, 0.25) is 0 Å². The second-order valence-corrected chi connectivity index (χ2v) is 5.91. The Morgan fingerprint density at radius 2 is 2.24 bits per heavy atom. The molecule has 1 aliphatic heterocycles. The summed E-state index contributed by atoms with van der Waals surface area (Å²) in [6.45, 7) is 0. The van der Waals surface area contributed by atoms with E-state index in [1.165, 1.54) is 14.2 Å². The van der Waals surface area contributed by atoms with Gasteiger partial charge in [-0.2, -0.15) is 11.8 Å². The van der Waals surface area contributed by atoms with Gasteiger partial charge in [0.05, 0.1) is 14.2 Å². The number of rotatable bonds is 5. The molecule has 21 heavy (non-hydrogen) atoms. The Balaban J connectivity index is 2.29. The number of esters is 1. The fourth-order valence-corrected chi connectivity index (χ4v) is 3.28. The average molecular weight is 312 g/mol. The van der Waals surface area contributed by atoms with Gasteiger partial charge in [-0.1, -0.05) is 12.1 Å². The molecule has 1 aromatic carbocycles. The van der Waals surface area contributed by atoms with E-state index in [0.717, 1.165) is 24.3 Å². The van der Waals surface area contributed by atoms with Gasteiger partial charge in [-0.15, -0.1) is 0 Å². The minimum absolute atomic E-state index is 0.0589. The molecular formula is C15H20O5S. The first-order valence-corrected chi connectivity index (χ1v) is 8.00. The highest BCUT2D eigenvalue weighted by atomic mass is 32.2. The Hall–Kier alpha value is -1.40. The molecule has 0 bridgehead atoms. The van der Waals surface area contributed by atoms with Gasteiger partial charge in [-0.05, 0) is 24.7 Å². The molecule has 0 saturated carbocycles. The molecule has 0 aromatic heterocycles. The summed E-state index contributed by atoms with van der Waals surface area (Å²) in [5, 5.41) is 10.1. The Labute approximate surface area is 128 Å². The van der Waals surface area contributed by atoms with Crippen LogP contribution < -0.4 is 9.47 Å². The van der Waals surface area contributed by atoms with Crippen molar-refractivity contribution >= 4 is 17.7 Å². The number of thioether (sulfide) groups is 1. The highest BCUT2D eigenvalue weighted by Gasteiger charge is 2.26. The molecular weight excluding hydrogens is 292 g/mol. The molecule has 0 amide bonds. The second-order valence-electron chi connectivity index (χ2n) is 4.76. The summed E-state index contributed by atoms with van der Waals surface area (Å²) in [5.74, 6) is 2.25. The first-order valence-electron chi connectivity index (χ1n) is 6.84. The number of carbonyl (C=O) groups excluding carboxylic acids is 1. The standard InChI is InChI=1S/C15H20O5S/c1-18-12-7-3-6-11(13(16)15(17)19-2)14(12)20-10-5-4-8-21-9-10/h3,6-7,10,13,16H,4-5,8-9H2,1-2H3. The third kappa shape index (κ3) is 3.83. The molecule has 0 radical (unpaired) electrons. The molecule has 1 heterocycles. The third-order valence-electron chi connectivity index (χ3n) is 3.35. The number of hydrogen-bond donors (Lipinski definition) is 1. The topological polar surface area (TPSA) is 65.0 Å². The quantitative estimate of drug-likeness (QED) is 0.841. The van der Waals surface area contributed by atoms with Gasteiger partial charge in [0.25, 0.3) is 0 Å². The molecule has 5 nitrogen and oxygen atoms in total. The van der Waals surface area contributed by atoms with E-state index in [9.17, 15) is 9.90 Å². The van der Waals surface area contributed by atoms with E-state index in [1.807, 2.05) is 11.8 Å². The van der Waals surface area contributed by atoms with Crippen LogP contribution in [0.2, 0.25) is 0 Å². The summed E-state index contributed by atoms with van der Waals surface area (Å²) in [5.41, 5.74) is 0.372. The first-order chi connectivity index (χ1) is 10.2. The van der Waals surface area contributed by atoms with Crippen LogP contribution in [0.15, 0.2) is 18.2 Å². The van der Waals surface area contributed by atoms with Crippen molar-refractivity contribution in [2.75, 3.05) is 25.7 Å². The fraction of sp³-hybridized carbons (Fsp3) is 0.533. The zero-order valence-electron chi connectivity index (χ0n) is 12.2. The Morgan fingerprint density at radius 1 is 1.43 bits per heavy atom. The van der Waals surface area contributed by atoms with Crippen molar-refractivity contribution in [2.45, 2.75) is 25.0 Å². The van der Waals surface area contributed by atoms with Gasteiger partial charge >= 0.3 is 5.97 Å². The van der Waals surface area contributed by atoms with Gasteiger partial charge in [0.1, 0.15) is 6.10 Å². The molecule has 0 aliphatic carbocycles.